The normalized spacial score (nSPS) is 15.6. The molecule has 0 spiro atoms. The van der Waals surface area contributed by atoms with Gasteiger partial charge in [0, 0.05) is 28.5 Å². The summed E-state index contributed by atoms with van der Waals surface area (Å²) in [5.74, 6) is 2.03. The molecule has 5 heteroatoms. The molecule has 0 bridgehead atoms. The molecule has 4 rings (SSSR count). The molecule has 3 aromatic rings. The Kier molecular flexibility index (Phi) is 5.53. The molecule has 0 saturated heterocycles. The Hall–Kier alpha value is -2.37. The minimum atomic E-state index is -5.42. The van der Waals surface area contributed by atoms with E-state index in [4.69, 9.17) is 13.0 Å². The average molecular weight is 384 g/mol. The second-order valence-corrected chi connectivity index (χ2v) is 7.31. The van der Waals surface area contributed by atoms with E-state index in [1.807, 2.05) is 0 Å². The molecule has 0 N–H and O–H groups in total. The van der Waals surface area contributed by atoms with Gasteiger partial charge < -0.3 is 4.55 Å². The lowest BCUT2D eigenvalue weighted by Gasteiger charge is -2.28. The summed E-state index contributed by atoms with van der Waals surface area (Å²) in [5.41, 5.74) is 5.97. The van der Waals surface area contributed by atoms with Crippen LogP contribution in [0.2, 0.25) is 0 Å². The van der Waals surface area contributed by atoms with Crippen LogP contribution >= 0.6 is 0 Å². The molecule has 1 aliphatic carbocycles. The minimum Gasteiger partial charge on any atom is -0.722 e. The van der Waals surface area contributed by atoms with Gasteiger partial charge in [-0.3, -0.25) is 0 Å². The lowest BCUT2D eigenvalue weighted by atomic mass is 9.69. The molecule has 1 aliphatic rings. The van der Waals surface area contributed by atoms with Crippen molar-refractivity contribution in [3.63, 3.8) is 0 Å². The summed E-state index contributed by atoms with van der Waals surface area (Å²) >= 11 is 0. The van der Waals surface area contributed by atoms with Gasteiger partial charge in [-0.2, -0.15) is 0 Å². The van der Waals surface area contributed by atoms with E-state index in [0.717, 1.165) is 12.8 Å². The van der Waals surface area contributed by atoms with Gasteiger partial charge >= 0.3 is 0 Å². The van der Waals surface area contributed by atoms with Crippen LogP contribution < -0.4 is 0 Å². The Labute approximate surface area is 159 Å². The first-order valence-corrected chi connectivity index (χ1v) is 10.3. The van der Waals surface area contributed by atoms with Gasteiger partial charge in [-0.1, -0.05) is 26.0 Å². The molecule has 1 unspecified atom stereocenters. The van der Waals surface area contributed by atoms with Crippen molar-refractivity contribution in [2.45, 2.75) is 32.6 Å². The van der Waals surface area contributed by atoms with Gasteiger partial charge in [0.05, 0.1) is 22.4 Å². The molecule has 0 heterocycles. The van der Waals surface area contributed by atoms with Crippen LogP contribution in [0.4, 0.5) is 3.89 Å². The molecular weight excluding hydrogens is 363 g/mol. The monoisotopic (exact) mass is 384 g/mol. The van der Waals surface area contributed by atoms with Gasteiger partial charge in [-0.25, -0.2) is 8.42 Å². The maximum absolute atomic E-state index is 10.1. The third-order valence-corrected chi connectivity index (χ3v) is 5.06. The van der Waals surface area contributed by atoms with E-state index in [-0.39, 0.29) is 0 Å². The Bertz CT molecular complexity index is 1050. The molecule has 0 saturated carbocycles. The lowest BCUT2D eigenvalue weighted by molar-refractivity contribution is 0.417. The Balaban J connectivity index is 0.000000376. The van der Waals surface area contributed by atoms with Crippen molar-refractivity contribution < 1.29 is 16.9 Å². The molecule has 0 amide bonds. The van der Waals surface area contributed by atoms with E-state index in [0.29, 0.717) is 5.92 Å². The second-order valence-electron chi connectivity index (χ2n) is 6.52. The number of benzene rings is 3. The van der Waals surface area contributed by atoms with E-state index < -0.39 is 10.5 Å². The molecule has 0 radical (unpaired) electrons. The summed E-state index contributed by atoms with van der Waals surface area (Å²) < 4.78 is 35.3. The summed E-state index contributed by atoms with van der Waals surface area (Å²) in [5, 5.41) is 2.76. The zero-order valence-electron chi connectivity index (χ0n) is 15.3. The van der Waals surface area contributed by atoms with Crippen LogP contribution in [-0.4, -0.2) is 13.0 Å². The van der Waals surface area contributed by atoms with Crippen LogP contribution in [0.3, 0.4) is 0 Å². The van der Waals surface area contributed by atoms with Crippen molar-refractivity contribution in [3.8, 4) is 0 Å². The highest BCUT2D eigenvalue weighted by Crippen LogP contribution is 2.47. The number of hydrogen-bond acceptors (Lipinski definition) is 3. The number of rotatable bonds is 2. The Morgan fingerprint density at radius 2 is 1.59 bits per heavy atom. The van der Waals surface area contributed by atoms with Crippen LogP contribution in [0, 0.1) is 5.92 Å². The molecule has 3 aromatic carbocycles. The number of halogens is 1. The van der Waals surface area contributed by atoms with Crippen molar-refractivity contribution in [2.75, 3.05) is 0 Å². The molecule has 27 heavy (non-hydrogen) atoms. The summed E-state index contributed by atoms with van der Waals surface area (Å²) in [6, 6.07) is 22.4. The highest BCUT2D eigenvalue weighted by molar-refractivity contribution is 7.80. The van der Waals surface area contributed by atoms with Crippen LogP contribution in [0.1, 0.15) is 54.9 Å². The fraction of sp³-hybridized carbons (Fsp3) is 0.227. The van der Waals surface area contributed by atoms with E-state index in [2.05, 4.69) is 74.5 Å². The van der Waals surface area contributed by atoms with Gasteiger partial charge in [0.25, 0.3) is 10.5 Å². The number of fused-ring (bicyclic) bond motifs is 4. The predicted octanol–water partition coefficient (Wildman–Crippen LogP) is 5.49. The maximum Gasteiger partial charge on any atom is 0.255 e. The SMILES string of the molecule is CC[C+]1c2ccccc2C(CC)c2ccc3ccccc3c21.O=S(=O)([O-])F. The molecular formula is C22H21FO3S. The van der Waals surface area contributed by atoms with Crippen molar-refractivity contribution in [1.29, 1.82) is 0 Å². The standard InChI is InChI=1S/C22H21.FHO3S/c1-3-16-19-11-7-8-12-20(19)17(4-2)22-18-10-6-5-9-15(18)13-14-21(16)22;1-5(2,3)4/h5-14,16H,3-4H2,1-2H3;(H,2,3,4)/q+1;/p-1. The van der Waals surface area contributed by atoms with E-state index in [1.165, 1.54) is 38.9 Å². The smallest absolute Gasteiger partial charge is 0.255 e. The van der Waals surface area contributed by atoms with Crippen LogP contribution in [0.25, 0.3) is 10.8 Å². The highest BCUT2D eigenvalue weighted by Gasteiger charge is 2.37. The van der Waals surface area contributed by atoms with Crippen molar-refractivity contribution in [3.05, 3.63) is 88.8 Å². The van der Waals surface area contributed by atoms with E-state index >= 15 is 0 Å². The second kappa shape index (κ2) is 7.71. The van der Waals surface area contributed by atoms with Gasteiger partial charge in [-0.15, -0.1) is 3.89 Å². The van der Waals surface area contributed by atoms with Crippen molar-refractivity contribution in [2.24, 2.45) is 0 Å². The van der Waals surface area contributed by atoms with Crippen molar-refractivity contribution >= 4 is 21.3 Å². The van der Waals surface area contributed by atoms with Gasteiger partial charge in [0.1, 0.15) is 0 Å². The summed E-state index contributed by atoms with van der Waals surface area (Å²) in [6.07, 6.45) is 2.23. The van der Waals surface area contributed by atoms with Gasteiger partial charge in [0.15, 0.2) is 0 Å². The first-order chi connectivity index (χ1) is 12.8. The predicted molar refractivity (Wildman–Crippen MR) is 105 cm³/mol. The zero-order valence-corrected chi connectivity index (χ0v) is 16.1. The van der Waals surface area contributed by atoms with Crippen LogP contribution in [-0.2, 0) is 10.5 Å². The average Bonchev–Trinajstić information content (AvgIpc) is 2.64. The third kappa shape index (κ3) is 3.99. The molecule has 3 nitrogen and oxygen atoms in total. The first-order valence-electron chi connectivity index (χ1n) is 8.97. The summed E-state index contributed by atoms with van der Waals surface area (Å²) in [6.45, 7) is 4.58. The first kappa shape index (κ1) is 19.4. The van der Waals surface area contributed by atoms with E-state index in [9.17, 15) is 3.89 Å². The Morgan fingerprint density at radius 3 is 2.26 bits per heavy atom. The van der Waals surface area contributed by atoms with Crippen molar-refractivity contribution in [1.82, 2.24) is 0 Å². The fourth-order valence-electron chi connectivity index (χ4n) is 4.10. The molecule has 0 aromatic heterocycles. The minimum absolute atomic E-state index is 0.520. The fourth-order valence-corrected chi connectivity index (χ4v) is 4.10. The topological polar surface area (TPSA) is 57.2 Å². The molecule has 140 valence electrons. The largest absolute Gasteiger partial charge is 0.722 e. The van der Waals surface area contributed by atoms with Crippen LogP contribution in [0.5, 0.6) is 0 Å². The number of hydrogen-bond donors (Lipinski definition) is 0. The third-order valence-electron chi connectivity index (χ3n) is 5.06. The maximum atomic E-state index is 10.1. The summed E-state index contributed by atoms with van der Waals surface area (Å²) in [7, 11) is -5.42. The van der Waals surface area contributed by atoms with Gasteiger partial charge in [-0.05, 0) is 55.3 Å². The Morgan fingerprint density at radius 1 is 0.963 bits per heavy atom. The quantitative estimate of drug-likeness (QED) is 0.333. The molecule has 0 aliphatic heterocycles. The zero-order chi connectivity index (χ0) is 19.6. The lowest BCUT2D eigenvalue weighted by Crippen LogP contribution is -2.18. The molecule has 1 atom stereocenters. The highest BCUT2D eigenvalue weighted by atomic mass is 32.3. The summed E-state index contributed by atoms with van der Waals surface area (Å²) in [4.78, 5) is 0. The van der Waals surface area contributed by atoms with Crippen LogP contribution in [0.15, 0.2) is 60.7 Å². The molecule has 0 fully saturated rings. The van der Waals surface area contributed by atoms with Gasteiger partial charge in [0.2, 0.25) is 0 Å². The van der Waals surface area contributed by atoms with E-state index in [1.54, 1.807) is 0 Å².